The molecule has 1 saturated carbocycles. The number of aromatic nitrogens is 1. The van der Waals surface area contributed by atoms with Gasteiger partial charge < -0.3 is 9.73 Å². The summed E-state index contributed by atoms with van der Waals surface area (Å²) >= 11 is 0. The number of aryl methyl sites for hydroxylation is 1. The summed E-state index contributed by atoms with van der Waals surface area (Å²) in [6, 6.07) is 3.41. The van der Waals surface area contributed by atoms with Crippen LogP contribution in [0.4, 0.5) is 0 Å². The second-order valence-electron chi connectivity index (χ2n) is 8.36. The molecule has 9 heteroatoms. The maximum absolute atomic E-state index is 12.9. The van der Waals surface area contributed by atoms with E-state index in [4.69, 9.17) is 4.42 Å². The van der Waals surface area contributed by atoms with Crippen molar-refractivity contribution < 1.29 is 17.6 Å². The van der Waals surface area contributed by atoms with Gasteiger partial charge in [0, 0.05) is 19.2 Å². The Morgan fingerprint density at radius 2 is 1.86 bits per heavy atom. The summed E-state index contributed by atoms with van der Waals surface area (Å²) in [7, 11) is -2.43. The van der Waals surface area contributed by atoms with Crippen molar-refractivity contribution in [2.75, 3.05) is 0 Å². The van der Waals surface area contributed by atoms with Crippen LogP contribution in [0, 0.1) is 11.8 Å². The Hall–Kier alpha value is -2.13. The van der Waals surface area contributed by atoms with Crippen LogP contribution in [0.1, 0.15) is 46.5 Å². The maximum atomic E-state index is 12.9. The number of benzene rings is 1. The molecule has 0 bridgehead atoms. The highest BCUT2D eigenvalue weighted by Crippen LogP contribution is 2.24. The molecule has 1 aliphatic carbocycles. The molecule has 0 spiro atoms. The van der Waals surface area contributed by atoms with Crippen LogP contribution < -0.4 is 15.8 Å². The van der Waals surface area contributed by atoms with E-state index < -0.39 is 21.8 Å². The number of nitrogens with zero attached hydrogens (tertiary/aromatic N) is 1. The molecule has 8 nitrogen and oxygen atoms in total. The van der Waals surface area contributed by atoms with E-state index in [9.17, 15) is 18.0 Å². The van der Waals surface area contributed by atoms with E-state index >= 15 is 0 Å². The molecule has 0 aliphatic heterocycles. The van der Waals surface area contributed by atoms with E-state index in [0.29, 0.717) is 11.4 Å². The highest BCUT2D eigenvalue weighted by molar-refractivity contribution is 7.89. The van der Waals surface area contributed by atoms with Crippen LogP contribution in [-0.4, -0.2) is 31.0 Å². The van der Waals surface area contributed by atoms with Gasteiger partial charge in [0.2, 0.25) is 15.9 Å². The number of nitrogens with one attached hydrogen (secondary N) is 2. The van der Waals surface area contributed by atoms with Crippen molar-refractivity contribution in [1.29, 1.82) is 0 Å². The second kappa shape index (κ2) is 8.31. The van der Waals surface area contributed by atoms with Crippen LogP contribution in [-0.2, 0) is 21.9 Å². The average Bonchev–Trinajstić information content (AvgIpc) is 2.95. The van der Waals surface area contributed by atoms with Crippen molar-refractivity contribution in [3.05, 3.63) is 28.7 Å². The third-order valence-electron chi connectivity index (χ3n) is 5.67. The molecule has 3 rings (SSSR count). The van der Waals surface area contributed by atoms with Crippen LogP contribution in [0.25, 0.3) is 11.1 Å². The predicted molar refractivity (Wildman–Crippen MR) is 110 cm³/mol. The third kappa shape index (κ3) is 4.72. The van der Waals surface area contributed by atoms with Gasteiger partial charge in [0.05, 0.1) is 10.4 Å². The Morgan fingerprint density at radius 1 is 1.21 bits per heavy atom. The van der Waals surface area contributed by atoms with Gasteiger partial charge in [0.15, 0.2) is 5.58 Å². The molecule has 2 aromatic rings. The molecule has 1 fully saturated rings. The zero-order valence-corrected chi connectivity index (χ0v) is 18.1. The topological polar surface area (TPSA) is 110 Å². The van der Waals surface area contributed by atoms with E-state index in [2.05, 4.69) is 17.0 Å². The van der Waals surface area contributed by atoms with Crippen molar-refractivity contribution in [2.24, 2.45) is 18.9 Å². The van der Waals surface area contributed by atoms with Crippen molar-refractivity contribution in [1.82, 2.24) is 14.6 Å². The number of fused-ring (bicyclic) bond motifs is 1. The molecule has 29 heavy (non-hydrogen) atoms. The summed E-state index contributed by atoms with van der Waals surface area (Å²) in [6.07, 6.45) is 3.94. The lowest BCUT2D eigenvalue weighted by molar-refractivity contribution is -0.124. The highest BCUT2D eigenvalue weighted by atomic mass is 32.2. The Morgan fingerprint density at radius 3 is 2.48 bits per heavy atom. The summed E-state index contributed by atoms with van der Waals surface area (Å²) in [6.45, 7) is 5.80. The number of hydrogen-bond acceptors (Lipinski definition) is 5. The number of carbonyl (C=O) groups excluding carboxylic acids is 1. The minimum Gasteiger partial charge on any atom is -0.408 e. The zero-order valence-electron chi connectivity index (χ0n) is 17.3. The largest absolute Gasteiger partial charge is 0.419 e. The number of hydrogen-bond donors (Lipinski definition) is 2. The first-order valence-electron chi connectivity index (χ1n) is 10.0. The number of rotatable bonds is 6. The zero-order chi connectivity index (χ0) is 21.3. The van der Waals surface area contributed by atoms with Crippen molar-refractivity contribution in [3.63, 3.8) is 0 Å². The van der Waals surface area contributed by atoms with Gasteiger partial charge in [-0.25, -0.2) is 13.2 Å². The summed E-state index contributed by atoms with van der Waals surface area (Å²) in [5.74, 6) is -0.444. The maximum Gasteiger partial charge on any atom is 0.419 e. The molecule has 1 heterocycles. The fourth-order valence-electron chi connectivity index (χ4n) is 3.70. The van der Waals surface area contributed by atoms with E-state index in [1.807, 2.05) is 0 Å². The van der Waals surface area contributed by atoms with Gasteiger partial charge in [-0.1, -0.05) is 20.8 Å². The molecular formula is C20H29N3O5S. The fourth-order valence-corrected chi connectivity index (χ4v) is 5.06. The first-order valence-corrected chi connectivity index (χ1v) is 11.5. The lowest BCUT2D eigenvalue weighted by atomic mass is 9.87. The molecule has 1 unspecified atom stereocenters. The van der Waals surface area contributed by atoms with E-state index in [1.165, 1.54) is 22.8 Å². The van der Waals surface area contributed by atoms with Gasteiger partial charge in [-0.3, -0.25) is 9.36 Å². The minimum absolute atomic E-state index is 0.0516. The van der Waals surface area contributed by atoms with Crippen molar-refractivity contribution >= 4 is 27.0 Å². The van der Waals surface area contributed by atoms with E-state index in [-0.39, 0.29) is 28.3 Å². The molecule has 1 aliphatic rings. The Kier molecular flexibility index (Phi) is 6.19. The van der Waals surface area contributed by atoms with Crippen LogP contribution in [0.5, 0.6) is 0 Å². The van der Waals surface area contributed by atoms with Crippen LogP contribution in [0.15, 0.2) is 32.3 Å². The van der Waals surface area contributed by atoms with Crippen LogP contribution in [0.3, 0.4) is 0 Å². The Bertz CT molecular complexity index is 1050. The number of oxazole rings is 1. The predicted octanol–water partition coefficient (Wildman–Crippen LogP) is 2.13. The first-order chi connectivity index (χ1) is 13.6. The molecule has 2 N–H and O–H groups in total. The van der Waals surface area contributed by atoms with Gasteiger partial charge in [0.1, 0.15) is 6.04 Å². The second-order valence-corrected chi connectivity index (χ2v) is 10.1. The monoisotopic (exact) mass is 423 g/mol. The van der Waals surface area contributed by atoms with Crippen molar-refractivity contribution in [2.45, 2.75) is 63.4 Å². The average molecular weight is 424 g/mol. The smallest absolute Gasteiger partial charge is 0.408 e. The molecule has 0 saturated heterocycles. The molecule has 1 aromatic heterocycles. The normalized spacial score (nSPS) is 21.4. The summed E-state index contributed by atoms with van der Waals surface area (Å²) in [5.41, 5.74) is 0.681. The van der Waals surface area contributed by atoms with Gasteiger partial charge in [-0.15, -0.1) is 0 Å². The van der Waals surface area contributed by atoms with Crippen molar-refractivity contribution in [3.8, 4) is 0 Å². The first kappa shape index (κ1) is 21.6. The summed E-state index contributed by atoms with van der Waals surface area (Å²) in [4.78, 5) is 24.4. The number of sulfonamides is 1. The molecule has 0 radical (unpaired) electrons. The van der Waals surface area contributed by atoms with Gasteiger partial charge in [-0.05, 0) is 49.7 Å². The standard InChI is InChI=1S/C20H29N3O5S/c1-12(2)18(19(24)21-14-7-5-13(3)6-8-14)22-29(26,27)15-9-10-16-17(11-15)28-20(25)23(16)4/h9-14,18,22H,5-8H2,1-4H3,(H,21,24). The lowest BCUT2D eigenvalue weighted by Crippen LogP contribution is -2.52. The highest BCUT2D eigenvalue weighted by Gasteiger charge is 2.31. The quantitative estimate of drug-likeness (QED) is 0.739. The van der Waals surface area contributed by atoms with Gasteiger partial charge >= 0.3 is 5.76 Å². The van der Waals surface area contributed by atoms with Gasteiger partial charge in [0.25, 0.3) is 0 Å². The van der Waals surface area contributed by atoms with E-state index in [1.54, 1.807) is 20.9 Å². The summed E-state index contributed by atoms with van der Waals surface area (Å²) < 4.78 is 34.7. The molecule has 1 amide bonds. The van der Waals surface area contributed by atoms with Gasteiger partial charge in [-0.2, -0.15) is 4.72 Å². The SMILES string of the molecule is CC1CCC(NC(=O)C(NS(=O)(=O)c2ccc3c(c2)oc(=O)n3C)C(C)C)CC1. The number of amides is 1. The molecule has 1 atom stereocenters. The Labute approximate surface area is 170 Å². The number of carbonyl (C=O) groups is 1. The minimum atomic E-state index is -3.98. The summed E-state index contributed by atoms with van der Waals surface area (Å²) in [5, 5.41) is 3.01. The van der Waals surface area contributed by atoms with E-state index in [0.717, 1.165) is 25.7 Å². The third-order valence-corrected chi connectivity index (χ3v) is 7.11. The van der Waals surface area contributed by atoms with Crippen LogP contribution in [0.2, 0.25) is 0 Å². The molecule has 1 aromatic carbocycles. The molecular weight excluding hydrogens is 394 g/mol. The Balaban J connectivity index is 1.78. The lowest BCUT2D eigenvalue weighted by Gasteiger charge is -2.29. The van der Waals surface area contributed by atoms with Crippen LogP contribution >= 0.6 is 0 Å². The molecule has 160 valence electrons. The fraction of sp³-hybridized carbons (Fsp3) is 0.600.